The third-order valence-electron chi connectivity index (χ3n) is 1.41. The van der Waals surface area contributed by atoms with Crippen LogP contribution in [0.15, 0.2) is 12.1 Å². The lowest BCUT2D eigenvalue weighted by molar-refractivity contribution is 0.102. The second-order valence-corrected chi connectivity index (χ2v) is 3.82. The molecule has 0 bridgehead atoms. The van der Waals surface area contributed by atoms with E-state index in [1.807, 2.05) is 0 Å². The summed E-state index contributed by atoms with van der Waals surface area (Å²) in [6, 6.07) is 2.91. The molecule has 0 aliphatic rings. The highest BCUT2D eigenvalue weighted by molar-refractivity contribution is 6.44. The van der Waals surface area contributed by atoms with Gasteiger partial charge < -0.3 is 0 Å². The Hall–Kier alpha value is 0.0500. The minimum Gasteiger partial charge on any atom is -0.293 e. The Morgan fingerprint density at radius 3 is 2.00 bits per heavy atom. The fourth-order valence-electron chi connectivity index (χ4n) is 0.875. The van der Waals surface area contributed by atoms with E-state index in [2.05, 4.69) is 0 Å². The summed E-state index contributed by atoms with van der Waals surface area (Å²) in [5, 5.41) is 0.840. The highest BCUT2D eigenvalue weighted by Gasteiger charge is 2.14. The molecule has 5 heteroatoms. The van der Waals surface area contributed by atoms with Crippen LogP contribution >= 0.6 is 46.4 Å². The number of hydrogen-bond donors (Lipinski definition) is 0. The zero-order valence-corrected chi connectivity index (χ0v) is 9.31. The van der Waals surface area contributed by atoms with E-state index < -0.39 is 0 Å². The van der Waals surface area contributed by atoms with Crippen LogP contribution in [-0.2, 0) is 0 Å². The van der Waals surface area contributed by atoms with Gasteiger partial charge in [0.25, 0.3) is 0 Å². The van der Waals surface area contributed by atoms with Gasteiger partial charge in [0.15, 0.2) is 5.78 Å². The number of halogens is 4. The van der Waals surface area contributed by atoms with Gasteiger partial charge in [-0.05, 0) is 12.1 Å². The van der Waals surface area contributed by atoms with Gasteiger partial charge in [-0.25, -0.2) is 0 Å². The summed E-state index contributed by atoms with van der Waals surface area (Å²) in [4.78, 5) is 11.2. The lowest BCUT2D eigenvalue weighted by Gasteiger charge is -2.03. The van der Waals surface area contributed by atoms with Crippen LogP contribution in [0.1, 0.15) is 10.4 Å². The lowest BCUT2D eigenvalue weighted by Crippen LogP contribution is -2.02. The quantitative estimate of drug-likeness (QED) is 0.577. The first-order chi connectivity index (χ1) is 6.06. The SMILES string of the molecule is O=C(CCl)c1c(Cl)cc(Cl)cc1Cl. The zero-order chi connectivity index (χ0) is 10.0. The average Bonchev–Trinajstić information content (AvgIpc) is 2.02. The Morgan fingerprint density at radius 2 is 1.62 bits per heavy atom. The summed E-state index contributed by atoms with van der Waals surface area (Å²) >= 11 is 22.5. The molecule has 0 radical (unpaired) electrons. The molecule has 13 heavy (non-hydrogen) atoms. The van der Waals surface area contributed by atoms with Crippen LogP contribution in [0.4, 0.5) is 0 Å². The first-order valence-electron chi connectivity index (χ1n) is 3.30. The molecule has 70 valence electrons. The Bertz CT molecular complexity index is 325. The van der Waals surface area contributed by atoms with Gasteiger partial charge in [-0.1, -0.05) is 34.8 Å². The van der Waals surface area contributed by atoms with Crippen molar-refractivity contribution in [1.29, 1.82) is 0 Å². The molecular formula is C8H4Cl4O. The number of carbonyl (C=O) groups excluding carboxylic acids is 1. The predicted octanol–water partition coefficient (Wildman–Crippen LogP) is 4.07. The number of hydrogen-bond acceptors (Lipinski definition) is 1. The molecule has 1 rings (SSSR count). The number of ketones is 1. The van der Waals surface area contributed by atoms with Crippen LogP contribution in [0.5, 0.6) is 0 Å². The normalized spacial score (nSPS) is 10.2. The summed E-state index contributed by atoms with van der Waals surface area (Å²) in [5.74, 6) is -0.463. The van der Waals surface area contributed by atoms with Crippen LogP contribution < -0.4 is 0 Å². The van der Waals surface area contributed by atoms with Gasteiger partial charge >= 0.3 is 0 Å². The molecule has 0 saturated heterocycles. The zero-order valence-electron chi connectivity index (χ0n) is 6.28. The fraction of sp³-hybridized carbons (Fsp3) is 0.125. The molecule has 1 nitrogen and oxygen atoms in total. The molecule has 0 aromatic heterocycles. The molecule has 0 atom stereocenters. The van der Waals surface area contributed by atoms with E-state index in [1.165, 1.54) is 12.1 Å². The molecule has 0 saturated carbocycles. The van der Waals surface area contributed by atoms with E-state index >= 15 is 0 Å². The number of carbonyl (C=O) groups is 1. The van der Waals surface area contributed by atoms with Gasteiger partial charge in [0, 0.05) is 5.02 Å². The lowest BCUT2D eigenvalue weighted by atomic mass is 10.1. The number of benzene rings is 1. The Morgan fingerprint density at radius 1 is 1.15 bits per heavy atom. The summed E-state index contributed by atoms with van der Waals surface area (Å²) in [7, 11) is 0. The van der Waals surface area contributed by atoms with Crippen molar-refractivity contribution in [2.75, 3.05) is 5.88 Å². The monoisotopic (exact) mass is 256 g/mol. The third-order valence-corrected chi connectivity index (χ3v) is 2.46. The fourth-order valence-corrected chi connectivity index (χ4v) is 2.04. The molecule has 1 aromatic rings. The van der Waals surface area contributed by atoms with Crippen LogP contribution in [-0.4, -0.2) is 11.7 Å². The van der Waals surface area contributed by atoms with Crippen molar-refractivity contribution < 1.29 is 4.79 Å². The average molecular weight is 258 g/mol. The molecule has 0 N–H and O–H groups in total. The van der Waals surface area contributed by atoms with Crippen molar-refractivity contribution in [2.45, 2.75) is 0 Å². The van der Waals surface area contributed by atoms with Crippen molar-refractivity contribution in [3.8, 4) is 0 Å². The number of rotatable bonds is 2. The Balaban J connectivity index is 3.28. The summed E-state index contributed by atoms with van der Waals surface area (Å²) in [6.45, 7) is 0. The Labute approximate surface area is 95.5 Å². The van der Waals surface area contributed by atoms with Crippen molar-refractivity contribution in [3.05, 3.63) is 32.8 Å². The molecule has 1 aromatic carbocycles. The van der Waals surface area contributed by atoms with Gasteiger partial charge in [-0.15, -0.1) is 11.6 Å². The third kappa shape index (κ3) is 2.50. The predicted molar refractivity (Wildman–Crippen MR) is 56.5 cm³/mol. The van der Waals surface area contributed by atoms with Gasteiger partial charge in [0.1, 0.15) is 0 Å². The van der Waals surface area contributed by atoms with E-state index in [1.54, 1.807) is 0 Å². The van der Waals surface area contributed by atoms with Gasteiger partial charge in [-0.2, -0.15) is 0 Å². The first kappa shape index (κ1) is 11.1. The second-order valence-electron chi connectivity index (χ2n) is 2.30. The van der Waals surface area contributed by atoms with Crippen molar-refractivity contribution >= 4 is 52.2 Å². The van der Waals surface area contributed by atoms with Crippen molar-refractivity contribution in [2.24, 2.45) is 0 Å². The van der Waals surface area contributed by atoms with E-state index in [0.29, 0.717) is 5.02 Å². The van der Waals surface area contributed by atoms with E-state index in [-0.39, 0.29) is 27.3 Å². The minimum absolute atomic E-state index is 0.152. The minimum atomic E-state index is -0.312. The topological polar surface area (TPSA) is 17.1 Å². The van der Waals surface area contributed by atoms with Crippen LogP contribution in [0.25, 0.3) is 0 Å². The second kappa shape index (κ2) is 4.52. The van der Waals surface area contributed by atoms with Gasteiger partial charge in [-0.3, -0.25) is 4.79 Å². The molecule has 0 amide bonds. The molecular weight excluding hydrogens is 254 g/mol. The highest BCUT2D eigenvalue weighted by atomic mass is 35.5. The van der Waals surface area contributed by atoms with E-state index in [9.17, 15) is 4.79 Å². The molecule has 0 heterocycles. The maximum Gasteiger partial charge on any atom is 0.180 e. The van der Waals surface area contributed by atoms with Gasteiger partial charge in [0.05, 0.1) is 21.5 Å². The van der Waals surface area contributed by atoms with Crippen LogP contribution in [0.3, 0.4) is 0 Å². The number of Topliss-reactive ketones (excluding diaryl/α,β-unsaturated/α-hetero) is 1. The maximum atomic E-state index is 11.2. The van der Waals surface area contributed by atoms with Crippen LogP contribution in [0, 0.1) is 0 Å². The smallest absolute Gasteiger partial charge is 0.180 e. The molecule has 0 aliphatic heterocycles. The number of alkyl halides is 1. The van der Waals surface area contributed by atoms with Crippen molar-refractivity contribution in [1.82, 2.24) is 0 Å². The Kier molecular flexibility index (Phi) is 3.87. The summed E-state index contributed by atoms with van der Waals surface area (Å²) < 4.78 is 0. The van der Waals surface area contributed by atoms with Gasteiger partial charge in [0.2, 0.25) is 0 Å². The molecule has 0 fully saturated rings. The maximum absolute atomic E-state index is 11.2. The van der Waals surface area contributed by atoms with E-state index in [0.717, 1.165) is 0 Å². The van der Waals surface area contributed by atoms with Crippen LogP contribution in [0.2, 0.25) is 15.1 Å². The molecule has 0 unspecified atom stereocenters. The highest BCUT2D eigenvalue weighted by Crippen LogP contribution is 2.29. The van der Waals surface area contributed by atoms with Crippen molar-refractivity contribution in [3.63, 3.8) is 0 Å². The van der Waals surface area contributed by atoms with E-state index in [4.69, 9.17) is 46.4 Å². The first-order valence-corrected chi connectivity index (χ1v) is 4.97. The molecule has 0 aliphatic carbocycles. The molecule has 0 spiro atoms. The summed E-state index contributed by atoms with van der Waals surface area (Å²) in [6.07, 6.45) is 0. The standard InChI is InChI=1S/C8H4Cl4O/c9-3-7(13)8-5(11)1-4(10)2-6(8)12/h1-2H,3H2. The largest absolute Gasteiger partial charge is 0.293 e. The summed E-state index contributed by atoms with van der Waals surface area (Å²) in [5.41, 5.74) is 0.225.